The highest BCUT2D eigenvalue weighted by Crippen LogP contribution is 2.22. The van der Waals surface area contributed by atoms with E-state index in [9.17, 15) is 4.79 Å². The molecule has 3 rings (SSSR count). The number of halogens is 1. The zero-order valence-electron chi connectivity index (χ0n) is 13.8. The van der Waals surface area contributed by atoms with Gasteiger partial charge in [-0.05, 0) is 18.6 Å². The number of aryl methyl sites for hydroxylation is 1. The number of hydrogen-bond acceptors (Lipinski definition) is 4. The molecule has 0 bridgehead atoms. The second-order valence-electron chi connectivity index (χ2n) is 5.69. The lowest BCUT2D eigenvalue weighted by Crippen LogP contribution is -2.27. The maximum Gasteiger partial charge on any atom is 0.227 e. The van der Waals surface area contributed by atoms with Crippen LogP contribution in [0.1, 0.15) is 30.8 Å². The van der Waals surface area contributed by atoms with Crippen molar-refractivity contribution < 1.29 is 9.32 Å². The summed E-state index contributed by atoms with van der Waals surface area (Å²) in [5.74, 6) is 0.881. The lowest BCUT2D eigenvalue weighted by molar-refractivity contribution is -0.121. The maximum absolute atomic E-state index is 12.1. The van der Waals surface area contributed by atoms with Crippen molar-refractivity contribution in [1.82, 2.24) is 15.5 Å². The van der Waals surface area contributed by atoms with Crippen LogP contribution in [0.4, 0.5) is 0 Å². The third kappa shape index (κ3) is 4.45. The monoisotopic (exact) mass is 355 g/mol. The Labute approximate surface area is 151 Å². The molecule has 128 valence electrons. The molecule has 0 aliphatic heterocycles. The second kappa shape index (κ2) is 7.94. The standard InChI is InChI=1S/C19H18ClN3O2/c1-13(15-9-5-6-10-16(15)20)21-17(24)11-12-18-22-19(23-25-18)14-7-3-2-4-8-14/h2-10,13H,11-12H2,1H3,(H,21,24)/t13-/m1/s1. The molecule has 0 spiro atoms. The van der Waals surface area contributed by atoms with Crippen molar-refractivity contribution >= 4 is 17.5 Å². The number of nitrogens with zero attached hydrogens (tertiary/aromatic N) is 2. The lowest BCUT2D eigenvalue weighted by atomic mass is 10.1. The molecule has 0 saturated carbocycles. The van der Waals surface area contributed by atoms with Gasteiger partial charge in [-0.15, -0.1) is 0 Å². The Hall–Kier alpha value is -2.66. The van der Waals surface area contributed by atoms with E-state index in [1.165, 1.54) is 0 Å². The molecule has 1 amide bonds. The third-order valence-electron chi connectivity index (χ3n) is 3.82. The van der Waals surface area contributed by atoms with E-state index < -0.39 is 0 Å². The summed E-state index contributed by atoms with van der Waals surface area (Å²) in [5, 5.41) is 7.52. The smallest absolute Gasteiger partial charge is 0.227 e. The summed E-state index contributed by atoms with van der Waals surface area (Å²) in [5.41, 5.74) is 1.77. The van der Waals surface area contributed by atoms with Gasteiger partial charge in [-0.2, -0.15) is 4.98 Å². The Morgan fingerprint density at radius 2 is 1.88 bits per heavy atom. The normalized spacial score (nSPS) is 11.9. The van der Waals surface area contributed by atoms with Crippen LogP contribution in [-0.2, 0) is 11.2 Å². The minimum atomic E-state index is -0.163. The van der Waals surface area contributed by atoms with Gasteiger partial charge < -0.3 is 9.84 Å². The fraction of sp³-hybridized carbons (Fsp3) is 0.211. The van der Waals surface area contributed by atoms with Crippen LogP contribution >= 0.6 is 11.6 Å². The van der Waals surface area contributed by atoms with E-state index in [4.69, 9.17) is 16.1 Å². The molecule has 0 fully saturated rings. The van der Waals surface area contributed by atoms with E-state index in [1.54, 1.807) is 0 Å². The minimum absolute atomic E-state index is 0.0909. The van der Waals surface area contributed by atoms with Crippen molar-refractivity contribution in [3.8, 4) is 11.4 Å². The van der Waals surface area contributed by atoms with Gasteiger partial charge in [-0.1, -0.05) is 65.3 Å². The number of amides is 1. The quantitative estimate of drug-likeness (QED) is 0.719. The molecule has 0 saturated heterocycles. The molecule has 1 atom stereocenters. The summed E-state index contributed by atoms with van der Waals surface area (Å²) in [6.45, 7) is 1.90. The number of nitrogens with one attached hydrogen (secondary N) is 1. The lowest BCUT2D eigenvalue weighted by Gasteiger charge is -2.15. The van der Waals surface area contributed by atoms with Gasteiger partial charge in [0.2, 0.25) is 17.6 Å². The fourth-order valence-electron chi connectivity index (χ4n) is 2.50. The van der Waals surface area contributed by atoms with Crippen LogP contribution in [-0.4, -0.2) is 16.0 Å². The van der Waals surface area contributed by atoms with Gasteiger partial charge in [0.05, 0.1) is 6.04 Å². The van der Waals surface area contributed by atoms with E-state index in [0.717, 1.165) is 11.1 Å². The number of aromatic nitrogens is 2. The Kier molecular flexibility index (Phi) is 5.46. The van der Waals surface area contributed by atoms with Crippen LogP contribution in [0.5, 0.6) is 0 Å². The van der Waals surface area contributed by atoms with E-state index in [2.05, 4.69) is 15.5 Å². The summed E-state index contributed by atoms with van der Waals surface area (Å²) in [7, 11) is 0. The largest absolute Gasteiger partial charge is 0.350 e. The Balaban J connectivity index is 1.54. The van der Waals surface area contributed by atoms with Gasteiger partial charge in [0.15, 0.2) is 0 Å². The topological polar surface area (TPSA) is 68.0 Å². The Morgan fingerprint density at radius 3 is 2.64 bits per heavy atom. The number of carbonyl (C=O) groups is 1. The van der Waals surface area contributed by atoms with Crippen molar-refractivity contribution in [3.05, 3.63) is 71.1 Å². The molecule has 1 heterocycles. The predicted octanol–water partition coefficient (Wildman–Crippen LogP) is 4.20. The summed E-state index contributed by atoms with van der Waals surface area (Å²) in [4.78, 5) is 16.5. The van der Waals surface area contributed by atoms with Gasteiger partial charge in [0, 0.05) is 23.4 Å². The van der Waals surface area contributed by atoms with Crippen molar-refractivity contribution in [2.24, 2.45) is 0 Å². The van der Waals surface area contributed by atoms with Crippen molar-refractivity contribution in [2.75, 3.05) is 0 Å². The summed E-state index contributed by atoms with van der Waals surface area (Å²) >= 11 is 6.15. The van der Waals surface area contributed by atoms with E-state index in [-0.39, 0.29) is 18.4 Å². The van der Waals surface area contributed by atoms with Crippen LogP contribution in [0.15, 0.2) is 59.1 Å². The molecule has 25 heavy (non-hydrogen) atoms. The average Bonchev–Trinajstić information content (AvgIpc) is 3.10. The van der Waals surface area contributed by atoms with Crippen LogP contribution < -0.4 is 5.32 Å². The molecule has 1 aromatic heterocycles. The first-order chi connectivity index (χ1) is 12.1. The molecule has 1 N–H and O–H groups in total. The number of carbonyl (C=O) groups excluding carboxylic acids is 1. The minimum Gasteiger partial charge on any atom is -0.350 e. The van der Waals surface area contributed by atoms with Gasteiger partial charge in [-0.25, -0.2) is 0 Å². The van der Waals surface area contributed by atoms with Crippen molar-refractivity contribution in [1.29, 1.82) is 0 Å². The molecule has 0 aliphatic carbocycles. The van der Waals surface area contributed by atoms with Gasteiger partial charge >= 0.3 is 0 Å². The third-order valence-corrected chi connectivity index (χ3v) is 4.16. The first-order valence-electron chi connectivity index (χ1n) is 8.05. The predicted molar refractivity (Wildman–Crippen MR) is 96.1 cm³/mol. The van der Waals surface area contributed by atoms with E-state index in [1.807, 2.05) is 61.5 Å². The molecule has 0 radical (unpaired) electrons. The van der Waals surface area contributed by atoms with Gasteiger partial charge in [0.25, 0.3) is 0 Å². The molecule has 6 heteroatoms. The van der Waals surface area contributed by atoms with Crippen LogP contribution in [0.2, 0.25) is 5.02 Å². The van der Waals surface area contributed by atoms with Crippen LogP contribution in [0.25, 0.3) is 11.4 Å². The maximum atomic E-state index is 12.1. The fourth-order valence-corrected chi connectivity index (χ4v) is 2.80. The van der Waals surface area contributed by atoms with Gasteiger partial charge in [-0.3, -0.25) is 4.79 Å². The second-order valence-corrected chi connectivity index (χ2v) is 6.10. The summed E-state index contributed by atoms with van der Waals surface area (Å²) in [6, 6.07) is 16.9. The zero-order chi connectivity index (χ0) is 17.6. The molecule has 0 aliphatic rings. The first kappa shape index (κ1) is 17.2. The molecule has 2 aromatic carbocycles. The van der Waals surface area contributed by atoms with Crippen molar-refractivity contribution in [2.45, 2.75) is 25.8 Å². The zero-order valence-corrected chi connectivity index (χ0v) is 14.5. The summed E-state index contributed by atoms with van der Waals surface area (Å²) in [6.07, 6.45) is 0.659. The Bertz CT molecular complexity index is 849. The molecule has 5 nitrogen and oxygen atoms in total. The molecule has 3 aromatic rings. The number of benzene rings is 2. The van der Waals surface area contributed by atoms with Crippen molar-refractivity contribution in [3.63, 3.8) is 0 Å². The van der Waals surface area contributed by atoms with Crippen LogP contribution in [0, 0.1) is 0 Å². The number of rotatable bonds is 6. The van der Waals surface area contributed by atoms with E-state index >= 15 is 0 Å². The molecular formula is C19H18ClN3O2. The Morgan fingerprint density at radius 1 is 1.16 bits per heavy atom. The van der Waals surface area contributed by atoms with Crippen LogP contribution in [0.3, 0.4) is 0 Å². The van der Waals surface area contributed by atoms with Gasteiger partial charge in [0.1, 0.15) is 0 Å². The molecule has 0 unspecified atom stereocenters. The van der Waals surface area contributed by atoms with E-state index in [0.29, 0.717) is 23.2 Å². The molecular weight excluding hydrogens is 338 g/mol. The average molecular weight is 356 g/mol. The SMILES string of the molecule is C[C@@H](NC(=O)CCc1nc(-c2ccccc2)no1)c1ccccc1Cl. The highest BCUT2D eigenvalue weighted by atomic mass is 35.5. The highest BCUT2D eigenvalue weighted by molar-refractivity contribution is 6.31. The summed E-state index contributed by atoms with van der Waals surface area (Å²) < 4.78 is 5.22. The first-order valence-corrected chi connectivity index (χ1v) is 8.43. The highest BCUT2D eigenvalue weighted by Gasteiger charge is 2.14. The number of hydrogen-bond donors (Lipinski definition) is 1.